The first-order valence-electron chi connectivity index (χ1n) is 15.5. The van der Waals surface area contributed by atoms with Gasteiger partial charge < -0.3 is 25.8 Å². The van der Waals surface area contributed by atoms with Gasteiger partial charge in [0.25, 0.3) is 0 Å². The van der Waals surface area contributed by atoms with Gasteiger partial charge in [-0.3, -0.25) is 4.79 Å². The van der Waals surface area contributed by atoms with Crippen molar-refractivity contribution in [1.29, 1.82) is 0 Å². The molecule has 0 radical (unpaired) electrons. The van der Waals surface area contributed by atoms with Gasteiger partial charge in [-0.1, -0.05) is 55.2 Å². The van der Waals surface area contributed by atoms with Crippen LogP contribution in [0.15, 0.2) is 53.4 Å². The van der Waals surface area contributed by atoms with Crippen LogP contribution in [0.3, 0.4) is 0 Å². The second-order valence-electron chi connectivity index (χ2n) is 11.9. The molecule has 1 aliphatic heterocycles. The first-order chi connectivity index (χ1) is 22.5. The molecule has 0 spiro atoms. The van der Waals surface area contributed by atoms with Gasteiger partial charge in [0.15, 0.2) is 0 Å². The third-order valence-electron chi connectivity index (χ3n) is 7.53. The lowest BCUT2D eigenvalue weighted by Crippen LogP contribution is -2.54. The number of unbranched alkanes of at least 4 members (excludes halogenated alkanes) is 1. The van der Waals surface area contributed by atoms with Crippen LogP contribution in [0.2, 0.25) is 10.0 Å². The normalized spacial score (nSPS) is 14.8. The summed E-state index contributed by atoms with van der Waals surface area (Å²) in [7, 11) is -3.92. The Hall–Kier alpha value is -3.27. The Morgan fingerprint density at radius 2 is 1.69 bits per heavy atom. The summed E-state index contributed by atoms with van der Waals surface area (Å²) in [6, 6.07) is 11.0. The molecule has 17 heteroatoms. The Kier molecular flexibility index (Phi) is 14.6. The number of hydrogen-bond donors (Lipinski definition) is 4. The topological polar surface area (TPSA) is 140 Å². The first kappa shape index (κ1) is 39.2. The summed E-state index contributed by atoms with van der Waals surface area (Å²) in [5, 5.41) is 8.84. The Bertz CT molecular complexity index is 1490. The summed E-state index contributed by atoms with van der Waals surface area (Å²) in [5.41, 5.74) is 0.589. The molecule has 48 heavy (non-hydrogen) atoms. The van der Waals surface area contributed by atoms with E-state index in [2.05, 4.69) is 20.7 Å². The van der Waals surface area contributed by atoms with E-state index in [1.165, 1.54) is 23.1 Å². The molecular weight excluding hydrogens is 696 g/mol. The summed E-state index contributed by atoms with van der Waals surface area (Å²) in [5.74, 6) is -1.75. The van der Waals surface area contributed by atoms with E-state index in [0.29, 0.717) is 30.0 Å². The van der Waals surface area contributed by atoms with Crippen molar-refractivity contribution in [2.75, 3.05) is 38.0 Å². The van der Waals surface area contributed by atoms with Crippen LogP contribution in [0, 0.1) is 5.92 Å². The number of rotatable bonds is 14. The molecule has 1 aliphatic rings. The summed E-state index contributed by atoms with van der Waals surface area (Å²) < 4.78 is 66.6. The predicted octanol–water partition coefficient (Wildman–Crippen LogP) is 5.85. The van der Waals surface area contributed by atoms with Gasteiger partial charge >= 0.3 is 24.1 Å². The molecule has 1 atom stereocenters. The van der Waals surface area contributed by atoms with Crippen LogP contribution >= 0.6 is 23.2 Å². The van der Waals surface area contributed by atoms with Crippen LogP contribution in [0.25, 0.3) is 0 Å². The van der Waals surface area contributed by atoms with Crippen LogP contribution in [-0.4, -0.2) is 87.2 Å². The highest BCUT2D eigenvalue weighted by molar-refractivity contribution is 7.89. The van der Waals surface area contributed by atoms with Crippen LogP contribution in [0.4, 0.5) is 28.4 Å². The lowest BCUT2D eigenvalue weighted by molar-refractivity contribution is -0.186. The van der Waals surface area contributed by atoms with Gasteiger partial charge in [0.05, 0.1) is 5.02 Å². The van der Waals surface area contributed by atoms with E-state index in [0.717, 1.165) is 4.90 Å². The molecule has 3 rings (SSSR count). The van der Waals surface area contributed by atoms with Crippen molar-refractivity contribution in [3.05, 3.63) is 58.6 Å². The van der Waals surface area contributed by atoms with Crippen LogP contribution in [-0.2, 0) is 14.8 Å². The highest BCUT2D eigenvalue weighted by atomic mass is 35.5. The molecule has 0 aromatic heterocycles. The maximum atomic E-state index is 13.5. The van der Waals surface area contributed by atoms with Crippen molar-refractivity contribution in [2.45, 2.75) is 69.1 Å². The second-order valence-corrected chi connectivity index (χ2v) is 14.5. The minimum Gasteiger partial charge on any atom is -0.335 e. The summed E-state index contributed by atoms with van der Waals surface area (Å²) in [4.78, 5) is 40.1. The lowest BCUT2D eigenvalue weighted by Gasteiger charge is -2.35. The third kappa shape index (κ3) is 12.6. The van der Waals surface area contributed by atoms with Gasteiger partial charge in [0, 0.05) is 55.5 Å². The number of likely N-dealkylation sites (tertiary alicyclic amines) is 1. The van der Waals surface area contributed by atoms with E-state index in [4.69, 9.17) is 23.2 Å². The standard InChI is InChI=1S/C31H41Cl2F3N6O5S/c1-21(2)18-25(39-29(44)38-23-8-4-3-5-9-23)20-42(30(45)40-24-12-16-41(17-13-24)28(43)31(34,35)36)15-7-6-14-37-48(46,47)27-11-10-22(32)19-26(27)33/h3-5,8-11,19,21,24-25,37H,6-7,12-18,20H2,1-2H3,(H,40,45)(H2,38,39,44)/t25-/m1/s1. The Labute approximate surface area is 288 Å². The van der Waals surface area contributed by atoms with E-state index in [-0.39, 0.29) is 61.4 Å². The van der Waals surface area contributed by atoms with Crippen molar-refractivity contribution < 1.29 is 36.0 Å². The van der Waals surface area contributed by atoms with Crippen molar-refractivity contribution in [3.8, 4) is 0 Å². The van der Waals surface area contributed by atoms with Crippen LogP contribution in [0.5, 0.6) is 0 Å². The number of sulfonamides is 1. The smallest absolute Gasteiger partial charge is 0.335 e. The summed E-state index contributed by atoms with van der Waals surface area (Å²) >= 11 is 11.9. The van der Waals surface area contributed by atoms with E-state index in [9.17, 15) is 36.0 Å². The summed E-state index contributed by atoms with van der Waals surface area (Å²) in [6.45, 7) is 4.00. The number of urea groups is 2. The molecule has 5 amide bonds. The molecule has 0 bridgehead atoms. The van der Waals surface area contributed by atoms with Crippen molar-refractivity contribution in [1.82, 2.24) is 25.2 Å². The number of nitrogens with zero attached hydrogens (tertiary/aromatic N) is 2. The average molecular weight is 738 g/mol. The zero-order chi connectivity index (χ0) is 35.5. The molecule has 11 nitrogen and oxygen atoms in total. The number of carbonyl (C=O) groups is 3. The van der Waals surface area contributed by atoms with Gasteiger partial charge in [-0.15, -0.1) is 0 Å². The van der Waals surface area contributed by atoms with Crippen LogP contribution < -0.4 is 20.7 Å². The molecule has 4 N–H and O–H groups in total. The van der Waals surface area contributed by atoms with Gasteiger partial charge in [0.2, 0.25) is 10.0 Å². The van der Waals surface area contributed by atoms with Crippen molar-refractivity contribution >= 4 is 56.9 Å². The van der Waals surface area contributed by atoms with Gasteiger partial charge in [-0.05, 0) is 68.4 Å². The number of para-hydroxylation sites is 1. The number of anilines is 1. The number of piperidine rings is 1. The van der Waals surface area contributed by atoms with Crippen LogP contribution in [0.1, 0.15) is 46.0 Å². The molecule has 1 saturated heterocycles. The highest BCUT2D eigenvalue weighted by Crippen LogP contribution is 2.25. The number of carbonyl (C=O) groups excluding carboxylic acids is 3. The third-order valence-corrected chi connectivity index (χ3v) is 9.71. The molecular formula is C31H41Cl2F3N6O5S. The molecule has 0 saturated carbocycles. The Morgan fingerprint density at radius 3 is 2.29 bits per heavy atom. The molecule has 2 aromatic rings. The molecule has 1 fully saturated rings. The van der Waals surface area contributed by atoms with E-state index in [1.54, 1.807) is 24.3 Å². The maximum Gasteiger partial charge on any atom is 0.471 e. The van der Waals surface area contributed by atoms with Gasteiger partial charge in [-0.25, -0.2) is 22.7 Å². The van der Waals surface area contributed by atoms with Gasteiger partial charge in [-0.2, -0.15) is 13.2 Å². The first-order valence-corrected chi connectivity index (χ1v) is 17.8. The average Bonchev–Trinajstić information content (AvgIpc) is 2.99. The van der Waals surface area contributed by atoms with E-state index < -0.39 is 46.3 Å². The molecule has 0 unspecified atom stereocenters. The minimum atomic E-state index is -4.96. The minimum absolute atomic E-state index is 0.0218. The monoisotopic (exact) mass is 736 g/mol. The summed E-state index contributed by atoms with van der Waals surface area (Å²) in [6.07, 6.45) is -3.41. The van der Waals surface area contributed by atoms with E-state index >= 15 is 0 Å². The quantitative estimate of drug-likeness (QED) is 0.180. The zero-order valence-corrected chi connectivity index (χ0v) is 29.0. The van der Waals surface area contributed by atoms with Crippen molar-refractivity contribution in [3.63, 3.8) is 0 Å². The Balaban J connectivity index is 1.65. The SMILES string of the molecule is CC(C)C[C@H](CN(CCCCNS(=O)(=O)c1ccc(Cl)cc1Cl)C(=O)NC1CCN(C(=O)C(F)(F)F)CC1)NC(=O)Nc1ccccc1. The Morgan fingerprint density at radius 1 is 1.02 bits per heavy atom. The molecule has 1 heterocycles. The second kappa shape index (κ2) is 17.9. The van der Waals surface area contributed by atoms with Crippen molar-refractivity contribution in [2.24, 2.45) is 5.92 Å². The fourth-order valence-electron chi connectivity index (χ4n) is 5.24. The number of alkyl halides is 3. The molecule has 0 aliphatic carbocycles. The molecule has 266 valence electrons. The largest absolute Gasteiger partial charge is 0.471 e. The maximum absolute atomic E-state index is 13.5. The number of nitrogens with one attached hydrogen (secondary N) is 4. The zero-order valence-electron chi connectivity index (χ0n) is 26.7. The molecule has 2 aromatic carbocycles. The number of halogens is 5. The number of amides is 5. The number of hydrogen-bond acceptors (Lipinski definition) is 5. The number of benzene rings is 2. The fraction of sp³-hybridized carbons (Fsp3) is 0.516. The fourth-order valence-corrected chi connectivity index (χ4v) is 7.09. The van der Waals surface area contributed by atoms with E-state index in [1.807, 2.05) is 19.9 Å². The lowest BCUT2D eigenvalue weighted by atomic mass is 10.0. The predicted molar refractivity (Wildman–Crippen MR) is 178 cm³/mol. The van der Waals surface area contributed by atoms with Gasteiger partial charge in [0.1, 0.15) is 4.90 Å². The highest BCUT2D eigenvalue weighted by Gasteiger charge is 2.43.